The number of ether oxygens (including phenoxy) is 1. The molecule has 3 heteroatoms. The summed E-state index contributed by atoms with van der Waals surface area (Å²) < 4.78 is 5.11. The third-order valence-electron chi connectivity index (χ3n) is 2.92. The maximum Gasteiger partial charge on any atom is 0.407 e. The standard InChI is InChI=1S/C14H21NO2/c1-11(2)12(3)9-15-14(16)17-10-13-7-5-4-6-8-13/h4-8,11-12H,9-10H2,1-3H3,(H,15,16). The lowest BCUT2D eigenvalue weighted by Gasteiger charge is -2.15. The zero-order valence-corrected chi connectivity index (χ0v) is 10.8. The number of carbonyl (C=O) groups excluding carboxylic acids is 1. The van der Waals surface area contributed by atoms with Crippen molar-refractivity contribution in [1.29, 1.82) is 0 Å². The summed E-state index contributed by atoms with van der Waals surface area (Å²) in [4.78, 5) is 11.4. The van der Waals surface area contributed by atoms with Gasteiger partial charge in [0.15, 0.2) is 0 Å². The van der Waals surface area contributed by atoms with Gasteiger partial charge in [-0.15, -0.1) is 0 Å². The Morgan fingerprint density at radius 3 is 2.47 bits per heavy atom. The van der Waals surface area contributed by atoms with Gasteiger partial charge >= 0.3 is 6.09 Å². The van der Waals surface area contributed by atoms with Crippen molar-refractivity contribution in [2.75, 3.05) is 6.54 Å². The van der Waals surface area contributed by atoms with Gasteiger partial charge in [-0.05, 0) is 17.4 Å². The summed E-state index contributed by atoms with van der Waals surface area (Å²) in [5, 5.41) is 2.77. The summed E-state index contributed by atoms with van der Waals surface area (Å²) in [7, 11) is 0. The van der Waals surface area contributed by atoms with E-state index in [-0.39, 0.29) is 6.09 Å². The van der Waals surface area contributed by atoms with Crippen molar-refractivity contribution in [3.8, 4) is 0 Å². The molecule has 0 spiro atoms. The summed E-state index contributed by atoms with van der Waals surface area (Å²) in [6.45, 7) is 7.37. The van der Waals surface area contributed by atoms with Crippen molar-refractivity contribution in [3.63, 3.8) is 0 Å². The smallest absolute Gasteiger partial charge is 0.407 e. The van der Waals surface area contributed by atoms with Crippen LogP contribution in [0.3, 0.4) is 0 Å². The van der Waals surface area contributed by atoms with E-state index >= 15 is 0 Å². The Labute approximate surface area is 103 Å². The van der Waals surface area contributed by atoms with Crippen molar-refractivity contribution in [2.45, 2.75) is 27.4 Å². The van der Waals surface area contributed by atoms with Crippen LogP contribution in [0.25, 0.3) is 0 Å². The van der Waals surface area contributed by atoms with Gasteiger partial charge in [-0.3, -0.25) is 0 Å². The molecule has 0 saturated carbocycles. The van der Waals surface area contributed by atoms with Gasteiger partial charge in [0.25, 0.3) is 0 Å². The molecular formula is C14H21NO2. The fourth-order valence-corrected chi connectivity index (χ4v) is 1.25. The van der Waals surface area contributed by atoms with Crippen LogP contribution in [0.2, 0.25) is 0 Å². The van der Waals surface area contributed by atoms with Gasteiger partial charge in [0.1, 0.15) is 6.61 Å². The second-order valence-corrected chi connectivity index (χ2v) is 4.66. The van der Waals surface area contributed by atoms with E-state index in [4.69, 9.17) is 4.74 Å². The maximum absolute atomic E-state index is 11.4. The third-order valence-corrected chi connectivity index (χ3v) is 2.92. The van der Waals surface area contributed by atoms with E-state index in [1.165, 1.54) is 0 Å². The van der Waals surface area contributed by atoms with Crippen LogP contribution in [0, 0.1) is 11.8 Å². The second kappa shape index (κ2) is 6.94. The summed E-state index contributed by atoms with van der Waals surface area (Å²) in [5.74, 6) is 1.02. The number of rotatable bonds is 5. The average molecular weight is 235 g/mol. The van der Waals surface area contributed by atoms with Crippen LogP contribution in [-0.2, 0) is 11.3 Å². The Morgan fingerprint density at radius 2 is 1.88 bits per heavy atom. The average Bonchev–Trinajstić information content (AvgIpc) is 2.34. The first kappa shape index (κ1) is 13.6. The second-order valence-electron chi connectivity index (χ2n) is 4.66. The van der Waals surface area contributed by atoms with Crippen LogP contribution in [0.4, 0.5) is 4.79 Å². The topological polar surface area (TPSA) is 38.3 Å². The van der Waals surface area contributed by atoms with Crippen LogP contribution < -0.4 is 5.32 Å². The normalized spacial score (nSPS) is 12.2. The van der Waals surface area contributed by atoms with E-state index in [0.29, 0.717) is 25.0 Å². The molecule has 1 aromatic carbocycles. The molecule has 0 saturated heterocycles. The van der Waals surface area contributed by atoms with Crippen LogP contribution in [0.15, 0.2) is 30.3 Å². The van der Waals surface area contributed by atoms with Gasteiger partial charge in [0, 0.05) is 6.54 Å². The Morgan fingerprint density at radius 1 is 1.24 bits per heavy atom. The minimum absolute atomic E-state index is 0.322. The Kier molecular flexibility index (Phi) is 5.53. The molecule has 0 aliphatic carbocycles. The van der Waals surface area contributed by atoms with E-state index < -0.39 is 0 Å². The van der Waals surface area contributed by atoms with Crippen molar-refractivity contribution in [2.24, 2.45) is 11.8 Å². The Balaban J connectivity index is 2.22. The molecule has 1 atom stereocenters. The van der Waals surface area contributed by atoms with E-state index in [1.807, 2.05) is 30.3 Å². The zero-order valence-electron chi connectivity index (χ0n) is 10.8. The van der Waals surface area contributed by atoms with Gasteiger partial charge in [0.05, 0.1) is 0 Å². The molecule has 0 aliphatic rings. The molecule has 0 heterocycles. The predicted octanol–water partition coefficient (Wildman–Crippen LogP) is 3.20. The fourth-order valence-electron chi connectivity index (χ4n) is 1.25. The minimum Gasteiger partial charge on any atom is -0.445 e. The lowest BCUT2D eigenvalue weighted by atomic mass is 9.98. The van der Waals surface area contributed by atoms with E-state index in [0.717, 1.165) is 5.56 Å². The van der Waals surface area contributed by atoms with Crippen molar-refractivity contribution in [1.82, 2.24) is 5.32 Å². The van der Waals surface area contributed by atoms with E-state index in [2.05, 4.69) is 26.1 Å². The zero-order chi connectivity index (χ0) is 12.7. The highest BCUT2D eigenvalue weighted by Crippen LogP contribution is 2.07. The molecule has 1 unspecified atom stereocenters. The Bertz CT molecular complexity index is 335. The highest BCUT2D eigenvalue weighted by molar-refractivity contribution is 5.67. The summed E-state index contributed by atoms with van der Waals surface area (Å²) in [6.07, 6.45) is -0.346. The molecule has 1 N–H and O–H groups in total. The molecule has 0 fully saturated rings. The highest BCUT2D eigenvalue weighted by Gasteiger charge is 2.09. The molecule has 1 aromatic rings. The van der Waals surface area contributed by atoms with E-state index in [1.54, 1.807) is 0 Å². The number of alkyl carbamates (subject to hydrolysis) is 1. The molecule has 1 rings (SSSR count). The van der Waals surface area contributed by atoms with Gasteiger partial charge in [0.2, 0.25) is 0 Å². The number of nitrogens with one attached hydrogen (secondary N) is 1. The molecule has 0 radical (unpaired) electrons. The number of benzene rings is 1. The molecule has 1 amide bonds. The SMILES string of the molecule is CC(C)C(C)CNC(=O)OCc1ccccc1. The summed E-state index contributed by atoms with van der Waals surface area (Å²) in [5.41, 5.74) is 1.000. The van der Waals surface area contributed by atoms with Gasteiger partial charge in [-0.1, -0.05) is 51.1 Å². The van der Waals surface area contributed by atoms with Crippen molar-refractivity contribution >= 4 is 6.09 Å². The van der Waals surface area contributed by atoms with Crippen LogP contribution in [0.1, 0.15) is 26.3 Å². The highest BCUT2D eigenvalue weighted by atomic mass is 16.5. The van der Waals surface area contributed by atoms with Crippen LogP contribution in [0.5, 0.6) is 0 Å². The van der Waals surface area contributed by atoms with Crippen molar-refractivity contribution < 1.29 is 9.53 Å². The minimum atomic E-state index is -0.346. The van der Waals surface area contributed by atoms with E-state index in [9.17, 15) is 4.79 Å². The summed E-state index contributed by atoms with van der Waals surface area (Å²) in [6, 6.07) is 9.66. The number of hydrogen-bond donors (Lipinski definition) is 1. The quantitative estimate of drug-likeness (QED) is 0.851. The first-order valence-corrected chi connectivity index (χ1v) is 6.04. The lowest BCUT2D eigenvalue weighted by Crippen LogP contribution is -2.30. The molecule has 0 aromatic heterocycles. The fraction of sp³-hybridized carbons (Fsp3) is 0.500. The predicted molar refractivity (Wildman–Crippen MR) is 68.6 cm³/mol. The van der Waals surface area contributed by atoms with Crippen LogP contribution >= 0.6 is 0 Å². The van der Waals surface area contributed by atoms with Gasteiger partial charge < -0.3 is 10.1 Å². The van der Waals surface area contributed by atoms with Crippen molar-refractivity contribution in [3.05, 3.63) is 35.9 Å². The number of carbonyl (C=O) groups is 1. The van der Waals surface area contributed by atoms with Gasteiger partial charge in [-0.25, -0.2) is 4.79 Å². The molecule has 0 aliphatic heterocycles. The number of amides is 1. The maximum atomic E-state index is 11.4. The third kappa shape index (κ3) is 5.38. The molecular weight excluding hydrogens is 214 g/mol. The molecule has 94 valence electrons. The molecule has 17 heavy (non-hydrogen) atoms. The monoisotopic (exact) mass is 235 g/mol. The molecule has 3 nitrogen and oxygen atoms in total. The number of hydrogen-bond acceptors (Lipinski definition) is 2. The lowest BCUT2D eigenvalue weighted by molar-refractivity contribution is 0.137. The molecule has 0 bridgehead atoms. The largest absolute Gasteiger partial charge is 0.445 e. The first-order valence-electron chi connectivity index (χ1n) is 6.04. The first-order chi connectivity index (χ1) is 8.09. The van der Waals surface area contributed by atoms with Crippen LogP contribution in [-0.4, -0.2) is 12.6 Å². The Hall–Kier alpha value is -1.51. The van der Waals surface area contributed by atoms with Gasteiger partial charge in [-0.2, -0.15) is 0 Å². The summed E-state index contributed by atoms with van der Waals surface area (Å²) >= 11 is 0.